The molecule has 0 aliphatic rings. The first-order valence-corrected chi connectivity index (χ1v) is 7.99. The minimum atomic E-state index is -0.382. The molecule has 3 aromatic carbocycles. The molecular formula is C21H16F2O3. The summed E-state index contributed by atoms with van der Waals surface area (Å²) in [6.45, 7) is 0.0180. The van der Waals surface area contributed by atoms with Crippen molar-refractivity contribution in [2.45, 2.75) is 13.2 Å². The van der Waals surface area contributed by atoms with E-state index >= 15 is 0 Å². The normalized spacial score (nSPS) is 10.4. The van der Waals surface area contributed by atoms with Crippen LogP contribution in [0.15, 0.2) is 66.7 Å². The Hall–Kier alpha value is -3.21. The molecule has 132 valence electrons. The lowest BCUT2D eigenvalue weighted by molar-refractivity contribution is 0.111. The van der Waals surface area contributed by atoms with Crippen LogP contribution in [0.25, 0.3) is 0 Å². The van der Waals surface area contributed by atoms with Crippen molar-refractivity contribution in [3.8, 4) is 11.5 Å². The van der Waals surface area contributed by atoms with Gasteiger partial charge >= 0.3 is 0 Å². The van der Waals surface area contributed by atoms with E-state index in [9.17, 15) is 13.6 Å². The lowest BCUT2D eigenvalue weighted by Crippen LogP contribution is -2.02. The topological polar surface area (TPSA) is 35.5 Å². The summed E-state index contributed by atoms with van der Waals surface area (Å²) in [5, 5.41) is 0. The van der Waals surface area contributed by atoms with Gasteiger partial charge in [-0.2, -0.15) is 0 Å². The molecular weight excluding hydrogens is 338 g/mol. The average molecular weight is 354 g/mol. The fourth-order valence-corrected chi connectivity index (χ4v) is 2.37. The summed E-state index contributed by atoms with van der Waals surface area (Å²) >= 11 is 0. The van der Waals surface area contributed by atoms with E-state index in [1.54, 1.807) is 48.5 Å². The lowest BCUT2D eigenvalue weighted by Gasteiger charge is -2.12. The van der Waals surface area contributed by atoms with Crippen LogP contribution in [0.5, 0.6) is 11.5 Å². The summed E-state index contributed by atoms with van der Waals surface area (Å²) in [5.74, 6) is -0.0446. The quantitative estimate of drug-likeness (QED) is 0.564. The van der Waals surface area contributed by atoms with Gasteiger partial charge in [-0.3, -0.25) is 4.79 Å². The van der Waals surface area contributed by atoms with E-state index in [0.717, 1.165) is 0 Å². The van der Waals surface area contributed by atoms with Crippen molar-refractivity contribution in [1.82, 2.24) is 0 Å². The Labute approximate surface area is 149 Å². The second kappa shape index (κ2) is 8.25. The number of rotatable bonds is 7. The first kappa shape index (κ1) is 17.6. The molecule has 0 aliphatic carbocycles. The maximum Gasteiger partial charge on any atom is 0.153 e. The van der Waals surface area contributed by atoms with Gasteiger partial charge in [0, 0.05) is 17.2 Å². The zero-order valence-electron chi connectivity index (χ0n) is 13.8. The summed E-state index contributed by atoms with van der Waals surface area (Å²) in [4.78, 5) is 11.2. The Bertz CT molecular complexity index is 909. The smallest absolute Gasteiger partial charge is 0.153 e. The molecule has 0 N–H and O–H groups in total. The molecule has 0 aromatic heterocycles. The van der Waals surface area contributed by atoms with Crippen molar-refractivity contribution in [2.75, 3.05) is 0 Å². The molecule has 0 unspecified atom stereocenters. The minimum absolute atomic E-state index is 0.0235. The maximum atomic E-state index is 13.7. The van der Waals surface area contributed by atoms with E-state index in [1.165, 1.54) is 18.2 Å². The van der Waals surface area contributed by atoms with Gasteiger partial charge < -0.3 is 9.47 Å². The van der Waals surface area contributed by atoms with Gasteiger partial charge in [-0.15, -0.1) is 0 Å². The molecule has 5 heteroatoms. The molecule has 0 atom stereocenters. The van der Waals surface area contributed by atoms with Crippen LogP contribution >= 0.6 is 0 Å². The fourth-order valence-electron chi connectivity index (χ4n) is 2.37. The highest BCUT2D eigenvalue weighted by Gasteiger charge is 2.09. The van der Waals surface area contributed by atoms with Crippen molar-refractivity contribution in [2.24, 2.45) is 0 Å². The zero-order valence-corrected chi connectivity index (χ0v) is 13.8. The van der Waals surface area contributed by atoms with Gasteiger partial charge in [0.25, 0.3) is 0 Å². The predicted octanol–water partition coefficient (Wildman–Crippen LogP) is 4.94. The van der Waals surface area contributed by atoms with Gasteiger partial charge in [0.2, 0.25) is 0 Å². The number of hydrogen-bond donors (Lipinski definition) is 0. The molecule has 0 bridgehead atoms. The number of halogens is 2. The van der Waals surface area contributed by atoms with Gasteiger partial charge in [-0.25, -0.2) is 8.78 Å². The second-order valence-corrected chi connectivity index (χ2v) is 5.58. The Balaban J connectivity index is 1.73. The Morgan fingerprint density at radius 2 is 1.35 bits per heavy atom. The van der Waals surface area contributed by atoms with Gasteiger partial charge in [0.05, 0.1) is 5.56 Å². The largest absolute Gasteiger partial charge is 0.489 e. The van der Waals surface area contributed by atoms with Crippen LogP contribution in [0.1, 0.15) is 21.5 Å². The van der Waals surface area contributed by atoms with E-state index in [-0.39, 0.29) is 30.6 Å². The zero-order chi connectivity index (χ0) is 18.4. The predicted molar refractivity (Wildman–Crippen MR) is 93.3 cm³/mol. The van der Waals surface area contributed by atoms with Crippen molar-refractivity contribution < 1.29 is 23.0 Å². The summed E-state index contributed by atoms with van der Waals surface area (Å²) < 4.78 is 38.5. The van der Waals surface area contributed by atoms with Crippen molar-refractivity contribution in [3.63, 3.8) is 0 Å². The van der Waals surface area contributed by atoms with Crippen LogP contribution < -0.4 is 9.47 Å². The van der Waals surface area contributed by atoms with Crippen molar-refractivity contribution in [1.29, 1.82) is 0 Å². The molecule has 26 heavy (non-hydrogen) atoms. The highest BCUT2D eigenvalue weighted by Crippen LogP contribution is 2.26. The first-order valence-electron chi connectivity index (χ1n) is 7.99. The SMILES string of the molecule is O=Cc1ccc(OCc2ccccc2F)cc1OCc1ccccc1F. The summed E-state index contributed by atoms with van der Waals surface area (Å²) in [6.07, 6.45) is 0.650. The summed E-state index contributed by atoms with van der Waals surface area (Å²) in [6, 6.07) is 17.2. The summed E-state index contributed by atoms with van der Waals surface area (Å²) in [7, 11) is 0. The number of aldehydes is 1. The van der Waals surface area contributed by atoms with E-state index in [1.807, 2.05) is 0 Å². The van der Waals surface area contributed by atoms with Crippen LogP contribution in [0.4, 0.5) is 8.78 Å². The van der Waals surface area contributed by atoms with Crippen LogP contribution in [0.2, 0.25) is 0 Å². The molecule has 0 saturated heterocycles. The number of carbonyl (C=O) groups excluding carboxylic acids is 1. The van der Waals surface area contributed by atoms with Gasteiger partial charge in [-0.1, -0.05) is 36.4 Å². The standard InChI is InChI=1S/C21H16F2O3/c22-19-7-3-1-5-16(19)13-25-18-10-9-15(12-24)21(11-18)26-14-17-6-2-4-8-20(17)23/h1-12H,13-14H2. The van der Waals surface area contributed by atoms with Crippen LogP contribution in [-0.2, 0) is 13.2 Å². The molecule has 0 aliphatic heterocycles. The lowest BCUT2D eigenvalue weighted by atomic mass is 10.2. The Morgan fingerprint density at radius 3 is 1.92 bits per heavy atom. The molecule has 3 nitrogen and oxygen atoms in total. The molecule has 0 heterocycles. The molecule has 0 spiro atoms. The van der Waals surface area contributed by atoms with E-state index < -0.39 is 0 Å². The first-order chi connectivity index (χ1) is 12.7. The van der Waals surface area contributed by atoms with Crippen molar-refractivity contribution >= 4 is 6.29 Å². The maximum absolute atomic E-state index is 13.7. The van der Waals surface area contributed by atoms with E-state index in [4.69, 9.17) is 9.47 Å². The Morgan fingerprint density at radius 1 is 0.769 bits per heavy atom. The molecule has 3 aromatic rings. The Kier molecular flexibility index (Phi) is 5.59. The molecule has 0 amide bonds. The van der Waals surface area contributed by atoms with Crippen LogP contribution in [0.3, 0.4) is 0 Å². The molecule has 0 radical (unpaired) electrons. The van der Waals surface area contributed by atoms with Crippen molar-refractivity contribution in [3.05, 3.63) is 95.1 Å². The molecule has 0 fully saturated rings. The summed E-state index contributed by atoms with van der Waals surface area (Å²) in [5.41, 5.74) is 1.11. The fraction of sp³-hybridized carbons (Fsp3) is 0.0952. The molecule has 0 saturated carbocycles. The van der Waals surface area contributed by atoms with Crippen LogP contribution in [-0.4, -0.2) is 6.29 Å². The monoisotopic (exact) mass is 354 g/mol. The highest BCUT2D eigenvalue weighted by atomic mass is 19.1. The number of carbonyl (C=O) groups is 1. The highest BCUT2D eigenvalue weighted by molar-refractivity contribution is 5.79. The third-order valence-corrected chi connectivity index (χ3v) is 3.81. The van der Waals surface area contributed by atoms with Crippen LogP contribution in [0, 0.1) is 11.6 Å². The molecule has 3 rings (SSSR count). The second-order valence-electron chi connectivity index (χ2n) is 5.58. The average Bonchev–Trinajstić information content (AvgIpc) is 2.67. The number of ether oxygens (including phenoxy) is 2. The van der Waals surface area contributed by atoms with Gasteiger partial charge in [0.1, 0.15) is 36.3 Å². The number of hydrogen-bond acceptors (Lipinski definition) is 3. The van der Waals surface area contributed by atoms with E-state index in [2.05, 4.69) is 0 Å². The van der Waals surface area contributed by atoms with E-state index in [0.29, 0.717) is 28.7 Å². The number of benzene rings is 3. The van der Waals surface area contributed by atoms with Gasteiger partial charge in [0.15, 0.2) is 6.29 Å². The van der Waals surface area contributed by atoms with Gasteiger partial charge in [-0.05, 0) is 24.3 Å². The third-order valence-electron chi connectivity index (χ3n) is 3.81. The third kappa shape index (κ3) is 4.25. The minimum Gasteiger partial charge on any atom is -0.489 e.